The van der Waals surface area contributed by atoms with E-state index in [2.05, 4.69) is 156 Å². The maximum absolute atomic E-state index is 5.52. The predicted molar refractivity (Wildman–Crippen MR) is 399 cm³/mol. The van der Waals surface area contributed by atoms with Crippen molar-refractivity contribution in [2.45, 2.75) is 178 Å². The number of nitrogens with zero attached hydrogens (tertiary/aromatic N) is 12. The van der Waals surface area contributed by atoms with Crippen LogP contribution in [0.3, 0.4) is 0 Å². The van der Waals surface area contributed by atoms with Crippen LogP contribution in [-0.2, 0) is 19.5 Å². The monoisotopic (exact) mass is 1890 g/mol. The third kappa shape index (κ3) is 24.5. The van der Waals surface area contributed by atoms with Crippen LogP contribution in [0.15, 0.2) is 92.4 Å². The minimum atomic E-state index is 0. The van der Waals surface area contributed by atoms with Crippen LogP contribution < -0.4 is 106 Å². The fourth-order valence-corrected chi connectivity index (χ4v) is 17.7. The zero-order valence-corrected chi connectivity index (χ0v) is 75.6. The third-order valence-corrected chi connectivity index (χ3v) is 23.5. The first kappa shape index (κ1) is 88.4. The van der Waals surface area contributed by atoms with Crippen LogP contribution in [0.1, 0.15) is 158 Å². The molecule has 2 aliphatic rings. The van der Waals surface area contributed by atoms with E-state index in [4.69, 9.17) is 39.9 Å². The number of hydrogen-bond donors (Lipinski definition) is 0. The summed E-state index contributed by atoms with van der Waals surface area (Å²) in [5.41, 5.74) is 6.18. The van der Waals surface area contributed by atoms with Crippen molar-refractivity contribution in [2.24, 2.45) is 0 Å². The molecule has 12 nitrogen and oxygen atoms in total. The van der Waals surface area contributed by atoms with Gasteiger partial charge in [-0.05, 0) is 121 Å². The van der Waals surface area contributed by atoms with E-state index in [1.165, 1.54) is 175 Å². The van der Waals surface area contributed by atoms with E-state index >= 15 is 0 Å². The van der Waals surface area contributed by atoms with Gasteiger partial charge in [0.2, 0.25) is 0 Å². The summed E-state index contributed by atoms with van der Waals surface area (Å²) in [6.07, 6.45) is 19.8. The Balaban J connectivity index is 0.00000400. The Hall–Kier alpha value is -0.977. The maximum Gasteiger partial charge on any atom is 2.00 e. The van der Waals surface area contributed by atoms with Gasteiger partial charge in [0.25, 0.3) is 0 Å². The molecule has 5 heterocycles. The zero-order chi connectivity index (χ0) is 65.1. The van der Waals surface area contributed by atoms with Crippen molar-refractivity contribution in [3.63, 3.8) is 0 Å². The molecule has 7 aromatic rings. The van der Waals surface area contributed by atoms with Crippen LogP contribution >= 0.6 is 47.0 Å². The molecular weight excluding hydrogens is 1780 g/mol. The largest absolute Gasteiger partial charge is 2.00 e. The molecule has 9 rings (SSSR count). The second kappa shape index (κ2) is 43.5. The molecule has 0 amide bonds. The molecule has 0 saturated heterocycles. The Kier molecular flexibility index (Phi) is 39.6. The van der Waals surface area contributed by atoms with Crippen LogP contribution in [0.5, 0.6) is 0 Å². The van der Waals surface area contributed by atoms with Gasteiger partial charge in [-0.15, -0.1) is 47.0 Å². The minimum Gasteiger partial charge on any atom is -1.00 e. The Bertz CT molecular complexity index is 3450. The number of aromatic nitrogens is 8. The summed E-state index contributed by atoms with van der Waals surface area (Å²) in [5.74, 6) is 6.50. The molecular formula is C76H112I4N12S4Zn. The van der Waals surface area contributed by atoms with E-state index in [1.54, 1.807) is 0 Å². The summed E-state index contributed by atoms with van der Waals surface area (Å²) in [6.45, 7) is 32.7. The van der Waals surface area contributed by atoms with Gasteiger partial charge in [-0.3, -0.25) is 0 Å². The summed E-state index contributed by atoms with van der Waals surface area (Å²) in [5, 5.41) is 3.79. The molecule has 0 radical (unpaired) electrons. The van der Waals surface area contributed by atoms with E-state index in [0.29, 0.717) is 45.9 Å². The molecule has 0 atom stereocenters. The van der Waals surface area contributed by atoms with Gasteiger partial charge in [0.15, 0.2) is 0 Å². The van der Waals surface area contributed by atoms with Gasteiger partial charge in [0.05, 0.1) is 130 Å². The van der Waals surface area contributed by atoms with E-state index < -0.39 is 0 Å². The summed E-state index contributed by atoms with van der Waals surface area (Å²) in [7, 11) is 9.85. The van der Waals surface area contributed by atoms with Crippen LogP contribution in [0, 0.1) is 0 Å². The second-order valence-corrected chi connectivity index (χ2v) is 32.4. The van der Waals surface area contributed by atoms with Gasteiger partial charge >= 0.3 is 19.5 Å². The van der Waals surface area contributed by atoms with Gasteiger partial charge in [-0.1, -0.05) is 131 Å². The average molecular weight is 1900 g/mol. The summed E-state index contributed by atoms with van der Waals surface area (Å²) < 4.78 is 4.44. The first-order valence-electron chi connectivity index (χ1n) is 35.7. The van der Waals surface area contributed by atoms with Crippen LogP contribution in [-0.4, -0.2) is 178 Å². The van der Waals surface area contributed by atoms with Crippen LogP contribution in [0.4, 0.5) is 0 Å². The molecule has 0 aliphatic carbocycles. The van der Waals surface area contributed by atoms with E-state index in [-0.39, 0.29) is 115 Å². The first-order valence-corrected chi connectivity index (χ1v) is 39.7. The number of fused-ring (bicyclic) bond motifs is 20. The molecule has 0 unspecified atom stereocenters. The second-order valence-electron chi connectivity index (χ2n) is 27.7. The molecule has 530 valence electrons. The summed E-state index contributed by atoms with van der Waals surface area (Å²) >= 11 is 7.74. The smallest absolute Gasteiger partial charge is 1.00 e. The number of unbranched alkanes of at least 4 members (excludes halogenated alkanes) is 8. The summed E-state index contributed by atoms with van der Waals surface area (Å²) in [4.78, 5) is 48.6. The fourth-order valence-electron chi connectivity index (χ4n) is 13.1. The van der Waals surface area contributed by atoms with Gasteiger partial charge in [0.1, 0.15) is 0 Å². The third-order valence-electron chi connectivity index (χ3n) is 19.6. The average Bonchev–Trinajstić information content (AvgIpc) is 1.60. The zero-order valence-electron chi connectivity index (χ0n) is 60.8. The number of quaternary nitrogens is 4. The molecule has 0 spiro atoms. The summed E-state index contributed by atoms with van der Waals surface area (Å²) in [6, 6.07) is 27.1. The molecule has 97 heavy (non-hydrogen) atoms. The Morgan fingerprint density at radius 1 is 0.278 bits per heavy atom. The number of rotatable bonds is 40. The standard InChI is InChI=1S/C76H112N12S4.4HI.Zn/c1-13-21-37-85(9,38-22-14-2)45-49-89-57-29-33-61-65(53-57)73-77-69(61)82-74-67-55-59(91-51-47-87(11,41-25-17-5)42-26-18-6)31-35-63(67)71(79-74)84-76-68-56-60(92-52-48-88(12,43-27-19-7)44-28-20-8)32-36-64(68)72(80-76)83-75-66-54-58(30-34-62(66)70(78-75)81-73)90-50-46-86(10,39-23-15-3)40-24-16-4;;;;;/h29-36,53-56H,13-28,37-52H2,1-12H3;4*1H;/q+2;;;;;+2/p-4. The molecule has 4 aromatic carbocycles. The fraction of sp³-hybridized carbons (Fsp3) is 0.579. The molecule has 0 N–H and O–H groups in total. The van der Waals surface area contributed by atoms with Crippen molar-refractivity contribution in [1.82, 2.24) is 39.9 Å². The van der Waals surface area contributed by atoms with Crippen molar-refractivity contribution in [3.8, 4) is 45.6 Å². The Morgan fingerprint density at radius 2 is 0.505 bits per heavy atom. The van der Waals surface area contributed by atoms with Gasteiger partial charge in [0, 0.05) is 87.4 Å². The number of hydrogen-bond acceptors (Lipinski definition) is 10. The van der Waals surface area contributed by atoms with Crippen molar-refractivity contribution in [3.05, 3.63) is 72.8 Å². The van der Waals surface area contributed by atoms with Gasteiger partial charge < -0.3 is 144 Å². The minimum absolute atomic E-state index is 0. The number of thioether (sulfide) groups is 4. The van der Waals surface area contributed by atoms with Crippen molar-refractivity contribution in [1.29, 1.82) is 0 Å². The molecule has 3 aromatic heterocycles. The van der Waals surface area contributed by atoms with E-state index in [9.17, 15) is 0 Å². The van der Waals surface area contributed by atoms with Crippen molar-refractivity contribution < 1.29 is 133 Å². The number of halogens is 4. The van der Waals surface area contributed by atoms with Crippen molar-refractivity contribution >= 4 is 91.2 Å². The molecule has 2 aliphatic heterocycles. The van der Waals surface area contributed by atoms with Crippen molar-refractivity contribution in [2.75, 3.05) is 130 Å². The SMILES string of the molecule is CCCC[N+](C)(CCCC)CCSc1ccc2c(c1)-c1nc-2nc2[n-]c(nc3nc(nc4[n-]c(n1)c1ccc(SCC[N+](C)(CCCC)CCCC)cc41)-c1ccc(SCC[N+](C)(CCCC)CCCC)cc1-3)c1ccc(SCC[N+](C)(CCCC)CCCC)cc21.[I-].[I-].[I-].[I-].[Zn+2]. The van der Waals surface area contributed by atoms with E-state index in [0.717, 1.165) is 111 Å². The topological polar surface area (TPSA) is 106 Å². The normalized spacial score (nSPS) is 12.2. The molecule has 0 fully saturated rings. The van der Waals surface area contributed by atoms with Gasteiger partial charge in [-0.25, -0.2) is 9.97 Å². The molecule has 0 saturated carbocycles. The quantitative estimate of drug-likeness (QED) is 0.0177. The Labute approximate surface area is 682 Å². The van der Waals surface area contributed by atoms with Crippen LogP contribution in [0.2, 0.25) is 0 Å². The first-order chi connectivity index (χ1) is 44.6. The number of benzene rings is 4. The molecule has 8 bridgehead atoms. The van der Waals surface area contributed by atoms with E-state index in [1.807, 2.05) is 47.0 Å². The molecule has 21 heteroatoms. The Morgan fingerprint density at radius 3 is 0.763 bits per heavy atom. The van der Waals surface area contributed by atoms with Gasteiger partial charge in [-0.2, -0.15) is 0 Å². The predicted octanol–water partition coefficient (Wildman–Crippen LogP) is 6.70. The van der Waals surface area contributed by atoms with Crippen LogP contribution in [0.25, 0.3) is 89.7 Å². The maximum atomic E-state index is 5.52.